The Balaban J connectivity index is 1.85. The van der Waals surface area contributed by atoms with Crippen LogP contribution in [0.2, 0.25) is 0 Å². The van der Waals surface area contributed by atoms with Gasteiger partial charge in [0.25, 0.3) is 0 Å². The Hall–Kier alpha value is -4.15. The molecule has 1 heterocycles. The third-order valence-corrected chi connectivity index (χ3v) is 4.78. The maximum Gasteiger partial charge on any atom is 0.417 e. The fourth-order valence-electron chi connectivity index (χ4n) is 3.09. The summed E-state index contributed by atoms with van der Waals surface area (Å²) in [6.07, 6.45) is -2.87. The number of nitrogens with one attached hydrogen (secondary N) is 1. The molecule has 0 bridgehead atoms. The van der Waals surface area contributed by atoms with Crippen LogP contribution < -0.4 is 10.1 Å². The average molecular weight is 474 g/mol. The van der Waals surface area contributed by atoms with Crippen LogP contribution in [0, 0.1) is 0 Å². The molecule has 0 fully saturated rings. The molecule has 0 unspecified atom stereocenters. The van der Waals surface area contributed by atoms with Gasteiger partial charge in [-0.15, -0.1) is 0 Å². The Morgan fingerprint density at radius 2 is 1.76 bits per heavy atom. The molecule has 0 radical (unpaired) electrons. The molecule has 0 aliphatic rings. The summed E-state index contributed by atoms with van der Waals surface area (Å²) < 4.78 is 45.7. The number of ether oxygens (including phenoxy) is 1. The second-order valence-corrected chi connectivity index (χ2v) is 7.47. The zero-order valence-corrected chi connectivity index (χ0v) is 18.2. The lowest BCUT2D eigenvalue weighted by molar-refractivity contribution is -0.138. The predicted octanol–water partition coefficient (Wildman–Crippen LogP) is 4.33. The van der Waals surface area contributed by atoms with Crippen molar-refractivity contribution in [2.75, 3.05) is 19.4 Å². The van der Waals surface area contributed by atoms with E-state index in [-0.39, 0.29) is 29.1 Å². The first kappa shape index (κ1) is 24.5. The second kappa shape index (κ2) is 10.2. The zero-order chi connectivity index (χ0) is 24.9. The number of benzene rings is 2. The lowest BCUT2D eigenvalue weighted by Gasteiger charge is -2.19. The van der Waals surface area contributed by atoms with E-state index in [1.807, 2.05) is 0 Å². The summed E-state index contributed by atoms with van der Waals surface area (Å²) in [6, 6.07) is 9.94. The number of carboxylic acids is 1. The van der Waals surface area contributed by atoms with Gasteiger partial charge in [-0.05, 0) is 29.3 Å². The molecule has 0 spiro atoms. The summed E-state index contributed by atoms with van der Waals surface area (Å²) in [5, 5.41) is 12.4. The first-order valence-electron chi connectivity index (χ1n) is 10.00. The van der Waals surface area contributed by atoms with Crippen LogP contribution in [0.15, 0.2) is 61.1 Å². The lowest BCUT2D eigenvalue weighted by atomic mass is 10.00. The average Bonchev–Trinajstić information content (AvgIpc) is 2.79. The zero-order valence-electron chi connectivity index (χ0n) is 18.2. The maximum atomic E-state index is 13.5. The first-order chi connectivity index (χ1) is 16.1. The van der Waals surface area contributed by atoms with E-state index in [0.717, 1.165) is 12.4 Å². The molecule has 1 atom stereocenters. The second-order valence-electron chi connectivity index (χ2n) is 7.47. The highest BCUT2D eigenvalue weighted by Crippen LogP contribution is 2.38. The van der Waals surface area contributed by atoms with E-state index in [1.165, 1.54) is 55.5 Å². The van der Waals surface area contributed by atoms with E-state index in [2.05, 4.69) is 15.3 Å². The van der Waals surface area contributed by atoms with Gasteiger partial charge in [0.2, 0.25) is 0 Å². The number of halogens is 3. The monoisotopic (exact) mass is 474 g/mol. The summed E-state index contributed by atoms with van der Waals surface area (Å²) in [5.74, 6) is -0.989. The van der Waals surface area contributed by atoms with Gasteiger partial charge in [-0.1, -0.05) is 30.3 Å². The van der Waals surface area contributed by atoms with Crippen LogP contribution in [-0.2, 0) is 17.4 Å². The smallest absolute Gasteiger partial charge is 0.417 e. The number of aromatic nitrogens is 2. The Labute approximate surface area is 193 Å². The first-order valence-corrected chi connectivity index (χ1v) is 10.00. The van der Waals surface area contributed by atoms with Crippen LogP contribution in [0.3, 0.4) is 0 Å². The molecular weight excluding hydrogens is 453 g/mol. The number of rotatable bonds is 7. The SMILES string of the molecule is CN(C)C(=O)Oc1ccc(C[C@H](Nc2ncncc2-c2ccccc2C(F)(F)F)C(=O)O)cc1. The van der Waals surface area contributed by atoms with Crippen LogP contribution in [0.1, 0.15) is 11.1 Å². The van der Waals surface area contributed by atoms with E-state index in [9.17, 15) is 27.9 Å². The molecule has 2 aromatic carbocycles. The number of hydrogen-bond acceptors (Lipinski definition) is 6. The molecule has 0 aliphatic carbocycles. The van der Waals surface area contributed by atoms with Crippen LogP contribution >= 0.6 is 0 Å². The van der Waals surface area contributed by atoms with E-state index >= 15 is 0 Å². The molecule has 0 aliphatic heterocycles. The predicted molar refractivity (Wildman–Crippen MR) is 117 cm³/mol. The van der Waals surface area contributed by atoms with Crippen molar-refractivity contribution in [3.63, 3.8) is 0 Å². The Kier molecular flexibility index (Phi) is 7.34. The van der Waals surface area contributed by atoms with Gasteiger partial charge in [0.1, 0.15) is 23.9 Å². The van der Waals surface area contributed by atoms with Crippen LogP contribution in [0.25, 0.3) is 11.1 Å². The quantitative estimate of drug-likeness (QED) is 0.525. The molecule has 11 heteroatoms. The number of aliphatic carboxylic acids is 1. The third kappa shape index (κ3) is 6.00. The van der Waals surface area contributed by atoms with Gasteiger partial charge in [0, 0.05) is 32.3 Å². The molecule has 0 saturated heterocycles. The maximum absolute atomic E-state index is 13.5. The molecule has 1 aromatic heterocycles. The number of nitrogens with zero attached hydrogens (tertiary/aromatic N) is 3. The highest BCUT2D eigenvalue weighted by atomic mass is 19.4. The van der Waals surface area contributed by atoms with Gasteiger partial charge in [0.15, 0.2) is 0 Å². The molecule has 3 rings (SSSR count). The normalized spacial score (nSPS) is 12.0. The number of alkyl halides is 3. The number of carbonyl (C=O) groups excluding carboxylic acids is 1. The van der Waals surface area contributed by atoms with Crippen molar-refractivity contribution in [2.24, 2.45) is 0 Å². The molecule has 8 nitrogen and oxygen atoms in total. The summed E-state index contributed by atoms with van der Waals surface area (Å²) in [7, 11) is 3.07. The van der Waals surface area contributed by atoms with E-state index in [4.69, 9.17) is 4.74 Å². The van der Waals surface area contributed by atoms with Crippen molar-refractivity contribution >= 4 is 17.9 Å². The number of anilines is 1. The van der Waals surface area contributed by atoms with Crippen LogP contribution in [0.4, 0.5) is 23.8 Å². The minimum atomic E-state index is -4.62. The highest BCUT2D eigenvalue weighted by Gasteiger charge is 2.34. The minimum Gasteiger partial charge on any atom is -0.480 e. The van der Waals surface area contributed by atoms with E-state index in [0.29, 0.717) is 5.56 Å². The molecule has 2 N–H and O–H groups in total. The van der Waals surface area contributed by atoms with Gasteiger partial charge in [-0.25, -0.2) is 19.6 Å². The molecular formula is C23H21F3N4O4. The van der Waals surface area contributed by atoms with Crippen molar-refractivity contribution in [3.8, 4) is 16.9 Å². The van der Waals surface area contributed by atoms with Gasteiger partial charge in [-0.2, -0.15) is 13.2 Å². The topological polar surface area (TPSA) is 105 Å². The number of carbonyl (C=O) groups is 2. The van der Waals surface area contributed by atoms with Crippen molar-refractivity contribution < 1.29 is 32.6 Å². The largest absolute Gasteiger partial charge is 0.480 e. The number of carboxylic acid groups (broad SMARTS) is 1. The minimum absolute atomic E-state index is 0.0123. The summed E-state index contributed by atoms with van der Waals surface area (Å²) in [4.78, 5) is 32.6. The highest BCUT2D eigenvalue weighted by molar-refractivity contribution is 5.82. The number of hydrogen-bond donors (Lipinski definition) is 2. The van der Waals surface area contributed by atoms with Gasteiger partial charge >= 0.3 is 18.2 Å². The Bertz CT molecular complexity index is 1170. The van der Waals surface area contributed by atoms with Crippen molar-refractivity contribution in [2.45, 2.75) is 18.6 Å². The van der Waals surface area contributed by atoms with E-state index in [1.54, 1.807) is 12.1 Å². The summed E-state index contributed by atoms with van der Waals surface area (Å²) >= 11 is 0. The lowest BCUT2D eigenvalue weighted by Crippen LogP contribution is -2.32. The van der Waals surface area contributed by atoms with E-state index < -0.39 is 29.8 Å². The molecule has 3 aromatic rings. The number of amides is 1. The van der Waals surface area contributed by atoms with Crippen molar-refractivity contribution in [3.05, 3.63) is 72.2 Å². The Morgan fingerprint density at radius 1 is 1.09 bits per heavy atom. The standard InChI is InChI=1S/C23H21F3N4O4/c1-30(2)22(33)34-15-9-7-14(8-10-15)11-19(21(31)32)29-20-17(12-27-13-28-20)16-5-3-4-6-18(16)23(24,25)26/h3-10,12-13,19H,11H2,1-2H3,(H,31,32)(H,27,28,29)/t19-/m0/s1. The van der Waals surface area contributed by atoms with Gasteiger partial charge < -0.3 is 20.1 Å². The van der Waals surface area contributed by atoms with Crippen molar-refractivity contribution in [1.82, 2.24) is 14.9 Å². The van der Waals surface area contributed by atoms with Crippen LogP contribution in [-0.4, -0.2) is 52.2 Å². The molecule has 178 valence electrons. The van der Waals surface area contributed by atoms with Crippen molar-refractivity contribution in [1.29, 1.82) is 0 Å². The van der Waals surface area contributed by atoms with Gasteiger partial charge in [0.05, 0.1) is 5.56 Å². The Morgan fingerprint density at radius 3 is 2.38 bits per heavy atom. The van der Waals surface area contributed by atoms with Gasteiger partial charge in [-0.3, -0.25) is 0 Å². The summed E-state index contributed by atoms with van der Waals surface area (Å²) in [6.45, 7) is 0. The molecule has 34 heavy (non-hydrogen) atoms. The third-order valence-electron chi connectivity index (χ3n) is 4.78. The molecule has 1 amide bonds. The summed E-state index contributed by atoms with van der Waals surface area (Å²) in [5.41, 5.74) is -0.444. The fraction of sp³-hybridized carbons (Fsp3) is 0.217. The van der Waals surface area contributed by atoms with Crippen LogP contribution in [0.5, 0.6) is 5.75 Å². The fourth-order valence-corrected chi connectivity index (χ4v) is 3.09. The molecule has 0 saturated carbocycles.